The van der Waals surface area contributed by atoms with Crippen LogP contribution in [0, 0.1) is 0 Å². The Kier molecular flexibility index (Phi) is 19.4. The van der Waals surface area contributed by atoms with E-state index < -0.39 is 146 Å². The summed E-state index contributed by atoms with van der Waals surface area (Å²) in [5, 5.41) is 41.5. The number of phenolic OH excluding ortho intramolecular Hbond substituents is 1. The molecule has 0 aliphatic rings. The van der Waals surface area contributed by atoms with Gasteiger partial charge in [0.25, 0.3) is 0 Å². The number of aliphatic carboxylic acids is 2. The number of phenols is 1. The molecule has 9 amide bonds. The number of primary amides is 3. The zero-order valence-electron chi connectivity index (χ0n) is 30.1. The maximum Gasteiger partial charge on any atom is 0.326 e. The van der Waals surface area contributed by atoms with Crippen molar-refractivity contribution in [3.8, 4) is 5.75 Å². The monoisotopic (exact) mass is 794 g/mol. The van der Waals surface area contributed by atoms with Crippen molar-refractivity contribution in [3.63, 3.8) is 0 Å². The Morgan fingerprint density at radius 2 is 1.04 bits per heavy atom. The van der Waals surface area contributed by atoms with Crippen LogP contribution in [0.2, 0.25) is 0 Å². The lowest BCUT2D eigenvalue weighted by molar-refractivity contribution is -0.144. The molecule has 0 aliphatic carbocycles. The number of aromatic hydroxyl groups is 1. The number of benzene rings is 1. The first-order valence-electron chi connectivity index (χ1n) is 16.7. The number of amides is 9. The van der Waals surface area contributed by atoms with Crippen molar-refractivity contribution >= 4 is 65.1 Å². The number of carbonyl (C=O) groups is 11. The summed E-state index contributed by atoms with van der Waals surface area (Å²) in [6.07, 6.45) is -4.38. The molecule has 0 saturated carbocycles. The molecule has 1 aromatic carbocycles. The van der Waals surface area contributed by atoms with E-state index in [-0.39, 0.29) is 12.2 Å². The van der Waals surface area contributed by atoms with E-state index in [4.69, 9.17) is 22.9 Å². The number of nitrogens with two attached hydrogens (primary N) is 4. The molecule has 6 atom stereocenters. The first-order chi connectivity index (χ1) is 26.1. The molecule has 0 heterocycles. The highest BCUT2D eigenvalue weighted by Gasteiger charge is 2.34. The number of carboxylic acids is 2. The third-order valence-electron chi connectivity index (χ3n) is 7.52. The van der Waals surface area contributed by atoms with E-state index in [1.807, 2.05) is 10.6 Å². The van der Waals surface area contributed by atoms with Gasteiger partial charge in [-0.2, -0.15) is 0 Å². The molecule has 56 heavy (non-hydrogen) atoms. The molecular formula is C32H46N10O14. The van der Waals surface area contributed by atoms with Crippen LogP contribution in [0.5, 0.6) is 5.75 Å². The summed E-state index contributed by atoms with van der Waals surface area (Å²) in [5.74, 6) is -12.9. The van der Waals surface area contributed by atoms with Crippen molar-refractivity contribution in [3.05, 3.63) is 29.8 Å². The number of rotatable bonds is 25. The van der Waals surface area contributed by atoms with E-state index in [0.717, 1.165) is 0 Å². The number of hydrogen-bond acceptors (Lipinski definition) is 13. The predicted octanol–water partition coefficient (Wildman–Crippen LogP) is -6.21. The van der Waals surface area contributed by atoms with Crippen LogP contribution in [0.25, 0.3) is 0 Å². The second-order valence-electron chi connectivity index (χ2n) is 12.4. The van der Waals surface area contributed by atoms with E-state index in [1.54, 1.807) is 0 Å². The fraction of sp³-hybridized carbons (Fsp3) is 0.469. The molecule has 24 heteroatoms. The topological polar surface area (TPSA) is 425 Å². The molecule has 308 valence electrons. The number of hydrogen-bond donors (Lipinski definition) is 13. The summed E-state index contributed by atoms with van der Waals surface area (Å²) in [4.78, 5) is 136. The highest BCUT2D eigenvalue weighted by molar-refractivity contribution is 5.98. The van der Waals surface area contributed by atoms with Crippen LogP contribution in [0.3, 0.4) is 0 Å². The van der Waals surface area contributed by atoms with Crippen LogP contribution in [0.4, 0.5) is 0 Å². The first kappa shape index (κ1) is 47.2. The van der Waals surface area contributed by atoms with Gasteiger partial charge in [0.1, 0.15) is 36.0 Å². The molecule has 0 spiro atoms. The molecule has 1 aromatic rings. The van der Waals surface area contributed by atoms with Gasteiger partial charge in [-0.15, -0.1) is 0 Å². The third kappa shape index (κ3) is 18.3. The average Bonchev–Trinajstić information content (AvgIpc) is 3.09. The largest absolute Gasteiger partial charge is 0.508 e. The minimum absolute atomic E-state index is 0.120. The van der Waals surface area contributed by atoms with Gasteiger partial charge in [0, 0.05) is 19.3 Å². The quantitative estimate of drug-likeness (QED) is 0.0438. The van der Waals surface area contributed by atoms with Crippen molar-refractivity contribution in [1.29, 1.82) is 0 Å². The Morgan fingerprint density at radius 1 is 0.589 bits per heavy atom. The highest BCUT2D eigenvalue weighted by Crippen LogP contribution is 2.12. The van der Waals surface area contributed by atoms with Gasteiger partial charge >= 0.3 is 11.9 Å². The van der Waals surface area contributed by atoms with E-state index in [1.165, 1.54) is 31.2 Å². The minimum Gasteiger partial charge on any atom is -0.508 e. The lowest BCUT2D eigenvalue weighted by Crippen LogP contribution is -2.60. The van der Waals surface area contributed by atoms with Crippen LogP contribution in [0.1, 0.15) is 51.0 Å². The standard InChI is InChI=1S/C32H46N10O14/c1-14(33)27(50)37-13-25(47)38-19(10-15-2-4-16(43)5-3-15)29(52)41-20(11-24(36)46)30(53)39-17(6-8-22(34)44)28(51)42-21(12-26(48)49)31(54)40-18(32(55)56)7-9-23(35)45/h2-5,14,17-21,43H,6-13,33H2,1H3,(H2,34,44)(H2,35,45)(H2,36,46)(H,37,50)(H,38,47)(H,39,53)(H,40,54)(H,41,52)(H,42,51)(H,48,49)(H,55,56). The Bertz CT molecular complexity index is 1650. The Balaban J connectivity index is 3.36. The van der Waals surface area contributed by atoms with Crippen molar-refractivity contribution in [2.75, 3.05) is 6.54 Å². The van der Waals surface area contributed by atoms with Gasteiger partial charge in [-0.25, -0.2) is 4.79 Å². The van der Waals surface area contributed by atoms with Crippen LogP contribution in [0.15, 0.2) is 24.3 Å². The molecule has 0 aromatic heterocycles. The fourth-order valence-electron chi connectivity index (χ4n) is 4.63. The third-order valence-corrected chi connectivity index (χ3v) is 7.52. The Labute approximate surface area is 318 Å². The molecular weight excluding hydrogens is 748 g/mol. The van der Waals surface area contributed by atoms with Crippen LogP contribution in [-0.4, -0.2) is 123 Å². The zero-order valence-corrected chi connectivity index (χ0v) is 30.1. The van der Waals surface area contributed by atoms with E-state index in [0.29, 0.717) is 5.56 Å². The van der Waals surface area contributed by atoms with Crippen molar-refractivity contribution in [1.82, 2.24) is 31.9 Å². The highest BCUT2D eigenvalue weighted by atomic mass is 16.4. The second-order valence-corrected chi connectivity index (χ2v) is 12.4. The van der Waals surface area contributed by atoms with E-state index >= 15 is 0 Å². The number of carbonyl (C=O) groups excluding carboxylic acids is 9. The zero-order chi connectivity index (χ0) is 42.7. The summed E-state index contributed by atoms with van der Waals surface area (Å²) in [6.45, 7) is 0.742. The molecule has 0 bridgehead atoms. The van der Waals surface area contributed by atoms with Gasteiger partial charge < -0.3 is 70.2 Å². The van der Waals surface area contributed by atoms with Gasteiger partial charge in [0.2, 0.25) is 53.2 Å². The molecule has 0 aliphatic heterocycles. The SMILES string of the molecule is CC(N)C(=O)NCC(=O)NC(Cc1ccc(O)cc1)C(=O)NC(CC(N)=O)C(=O)NC(CCC(N)=O)C(=O)NC(CC(=O)O)C(=O)NC(CCC(N)=O)C(=O)O. The Morgan fingerprint density at radius 3 is 1.50 bits per heavy atom. The molecule has 17 N–H and O–H groups in total. The predicted molar refractivity (Wildman–Crippen MR) is 189 cm³/mol. The maximum absolute atomic E-state index is 13.5. The summed E-state index contributed by atoms with van der Waals surface area (Å²) < 4.78 is 0. The molecule has 0 radical (unpaired) electrons. The lowest BCUT2D eigenvalue weighted by atomic mass is 10.0. The molecule has 6 unspecified atom stereocenters. The molecule has 0 fully saturated rings. The van der Waals surface area contributed by atoms with Crippen molar-refractivity contribution in [2.24, 2.45) is 22.9 Å². The molecule has 24 nitrogen and oxygen atoms in total. The number of nitrogens with one attached hydrogen (secondary N) is 6. The van der Waals surface area contributed by atoms with Crippen LogP contribution < -0.4 is 54.8 Å². The van der Waals surface area contributed by atoms with Gasteiger partial charge in [-0.3, -0.25) is 47.9 Å². The van der Waals surface area contributed by atoms with Crippen LogP contribution >= 0.6 is 0 Å². The average molecular weight is 795 g/mol. The summed E-state index contributed by atoms with van der Waals surface area (Å²) in [6, 6.07) is -4.45. The Hall–Kier alpha value is -6.85. The lowest BCUT2D eigenvalue weighted by Gasteiger charge is -2.26. The van der Waals surface area contributed by atoms with Gasteiger partial charge in [0.15, 0.2) is 0 Å². The maximum atomic E-state index is 13.5. The van der Waals surface area contributed by atoms with E-state index in [9.17, 15) is 68.1 Å². The molecule has 0 saturated heterocycles. The van der Waals surface area contributed by atoms with Crippen LogP contribution in [-0.2, 0) is 59.2 Å². The summed E-state index contributed by atoms with van der Waals surface area (Å²) in [7, 11) is 0. The second kappa shape index (κ2) is 23.0. The normalized spacial score (nSPS) is 13.8. The van der Waals surface area contributed by atoms with Gasteiger partial charge in [0.05, 0.1) is 25.4 Å². The summed E-state index contributed by atoms with van der Waals surface area (Å²) in [5.41, 5.74) is 21.4. The number of carboxylic acid groups (broad SMARTS) is 2. The fourth-order valence-corrected chi connectivity index (χ4v) is 4.63. The minimum atomic E-state index is -1.98. The van der Waals surface area contributed by atoms with Gasteiger partial charge in [-0.05, 0) is 37.5 Å². The summed E-state index contributed by atoms with van der Waals surface area (Å²) >= 11 is 0. The van der Waals surface area contributed by atoms with Gasteiger partial charge in [-0.1, -0.05) is 12.1 Å². The van der Waals surface area contributed by atoms with E-state index in [2.05, 4.69) is 21.3 Å². The first-order valence-corrected chi connectivity index (χ1v) is 16.7. The van der Waals surface area contributed by atoms with Crippen molar-refractivity contribution in [2.45, 2.75) is 88.1 Å². The smallest absolute Gasteiger partial charge is 0.326 e. The molecule has 1 rings (SSSR count). The van der Waals surface area contributed by atoms with Crippen molar-refractivity contribution < 1.29 is 68.1 Å².